The summed E-state index contributed by atoms with van der Waals surface area (Å²) >= 11 is 1.55. The SMILES string of the molecule is Cc1cccc(SCC(=O)N2CCC(C)CC2)c1N. The molecule has 1 saturated heterocycles. The highest BCUT2D eigenvalue weighted by Crippen LogP contribution is 2.28. The molecule has 0 aliphatic carbocycles. The van der Waals surface area contributed by atoms with Crippen LogP contribution in [-0.2, 0) is 4.79 Å². The first-order valence-electron chi connectivity index (χ1n) is 6.83. The molecule has 3 nitrogen and oxygen atoms in total. The topological polar surface area (TPSA) is 46.3 Å². The summed E-state index contributed by atoms with van der Waals surface area (Å²) in [6.45, 7) is 6.06. The minimum Gasteiger partial charge on any atom is -0.398 e. The van der Waals surface area contributed by atoms with E-state index in [2.05, 4.69) is 6.92 Å². The number of para-hydroxylation sites is 1. The molecule has 1 aliphatic rings. The number of hydrogen-bond donors (Lipinski definition) is 1. The van der Waals surface area contributed by atoms with Crippen molar-refractivity contribution >= 4 is 23.4 Å². The highest BCUT2D eigenvalue weighted by Gasteiger charge is 2.20. The van der Waals surface area contributed by atoms with E-state index in [-0.39, 0.29) is 5.91 Å². The molecule has 0 radical (unpaired) electrons. The van der Waals surface area contributed by atoms with Crippen molar-refractivity contribution in [2.24, 2.45) is 5.92 Å². The van der Waals surface area contributed by atoms with Crippen molar-refractivity contribution in [1.29, 1.82) is 0 Å². The monoisotopic (exact) mass is 278 g/mol. The summed E-state index contributed by atoms with van der Waals surface area (Å²) in [5.41, 5.74) is 7.89. The highest BCUT2D eigenvalue weighted by molar-refractivity contribution is 8.00. The third-order valence-corrected chi connectivity index (χ3v) is 4.83. The van der Waals surface area contributed by atoms with E-state index in [0.29, 0.717) is 5.75 Å². The Kier molecular flexibility index (Phi) is 4.75. The average Bonchev–Trinajstić information content (AvgIpc) is 2.41. The van der Waals surface area contributed by atoms with Gasteiger partial charge in [0.25, 0.3) is 0 Å². The number of benzene rings is 1. The number of anilines is 1. The van der Waals surface area contributed by atoms with Crippen LogP contribution in [0, 0.1) is 12.8 Å². The van der Waals surface area contributed by atoms with Crippen LogP contribution in [0.2, 0.25) is 0 Å². The predicted octanol–water partition coefficient (Wildman–Crippen LogP) is 2.93. The van der Waals surface area contributed by atoms with E-state index in [0.717, 1.165) is 48.0 Å². The van der Waals surface area contributed by atoms with Crippen LogP contribution >= 0.6 is 11.8 Å². The van der Waals surface area contributed by atoms with E-state index in [9.17, 15) is 4.79 Å². The number of amides is 1. The van der Waals surface area contributed by atoms with Crippen LogP contribution in [-0.4, -0.2) is 29.6 Å². The van der Waals surface area contributed by atoms with Crippen LogP contribution in [0.25, 0.3) is 0 Å². The maximum absolute atomic E-state index is 12.1. The van der Waals surface area contributed by atoms with Crippen molar-refractivity contribution in [3.63, 3.8) is 0 Å². The molecule has 0 aromatic heterocycles. The quantitative estimate of drug-likeness (QED) is 0.683. The van der Waals surface area contributed by atoms with Gasteiger partial charge in [-0.05, 0) is 37.3 Å². The standard InChI is InChI=1S/C15H22N2OS/c1-11-6-8-17(9-7-11)14(18)10-19-13-5-3-4-12(2)15(13)16/h3-5,11H,6-10,16H2,1-2H3. The molecule has 1 aromatic rings. The number of carbonyl (C=O) groups is 1. The number of likely N-dealkylation sites (tertiary alicyclic amines) is 1. The first-order chi connectivity index (χ1) is 9.08. The van der Waals surface area contributed by atoms with Crippen molar-refractivity contribution in [3.05, 3.63) is 23.8 Å². The number of nitrogens with zero attached hydrogens (tertiary/aromatic N) is 1. The van der Waals surface area contributed by atoms with Crippen molar-refractivity contribution in [2.75, 3.05) is 24.6 Å². The van der Waals surface area contributed by atoms with Gasteiger partial charge in [0.05, 0.1) is 5.75 Å². The van der Waals surface area contributed by atoms with Gasteiger partial charge in [0.2, 0.25) is 5.91 Å². The van der Waals surface area contributed by atoms with Crippen LogP contribution in [0.15, 0.2) is 23.1 Å². The summed E-state index contributed by atoms with van der Waals surface area (Å²) in [7, 11) is 0. The Balaban J connectivity index is 1.88. The van der Waals surface area contributed by atoms with Gasteiger partial charge < -0.3 is 10.6 Å². The molecule has 0 atom stereocenters. The second kappa shape index (κ2) is 6.33. The summed E-state index contributed by atoms with van der Waals surface area (Å²) in [5, 5.41) is 0. The third-order valence-electron chi connectivity index (χ3n) is 3.77. The lowest BCUT2D eigenvalue weighted by Crippen LogP contribution is -2.38. The van der Waals surface area contributed by atoms with E-state index in [4.69, 9.17) is 5.73 Å². The van der Waals surface area contributed by atoms with Crippen LogP contribution < -0.4 is 5.73 Å². The van der Waals surface area contributed by atoms with Crippen molar-refractivity contribution in [2.45, 2.75) is 31.6 Å². The maximum Gasteiger partial charge on any atom is 0.232 e. The lowest BCUT2D eigenvalue weighted by atomic mass is 9.99. The number of thioether (sulfide) groups is 1. The Bertz CT molecular complexity index is 453. The van der Waals surface area contributed by atoms with Gasteiger partial charge in [-0.15, -0.1) is 11.8 Å². The molecule has 1 aliphatic heterocycles. The van der Waals surface area contributed by atoms with E-state index in [1.54, 1.807) is 11.8 Å². The number of rotatable bonds is 3. The molecule has 104 valence electrons. The Morgan fingerprint density at radius 2 is 2.11 bits per heavy atom. The molecule has 2 rings (SSSR count). The molecule has 1 amide bonds. The highest BCUT2D eigenvalue weighted by atomic mass is 32.2. The number of nitrogens with two attached hydrogens (primary N) is 1. The van der Waals surface area contributed by atoms with Gasteiger partial charge in [0, 0.05) is 23.7 Å². The Morgan fingerprint density at radius 3 is 2.79 bits per heavy atom. The van der Waals surface area contributed by atoms with Gasteiger partial charge in [-0.2, -0.15) is 0 Å². The lowest BCUT2D eigenvalue weighted by Gasteiger charge is -2.30. The first-order valence-corrected chi connectivity index (χ1v) is 7.82. The Labute approximate surface area is 119 Å². The molecular weight excluding hydrogens is 256 g/mol. The van der Waals surface area contributed by atoms with E-state index in [1.807, 2.05) is 30.0 Å². The van der Waals surface area contributed by atoms with Crippen LogP contribution in [0.1, 0.15) is 25.3 Å². The van der Waals surface area contributed by atoms with Crippen molar-refractivity contribution in [3.8, 4) is 0 Å². The summed E-state index contributed by atoms with van der Waals surface area (Å²) in [5.74, 6) is 1.48. The number of aryl methyl sites for hydroxylation is 1. The molecule has 19 heavy (non-hydrogen) atoms. The third kappa shape index (κ3) is 3.66. The normalized spacial score (nSPS) is 16.6. The molecule has 0 saturated carbocycles. The van der Waals surface area contributed by atoms with Gasteiger partial charge >= 0.3 is 0 Å². The second-order valence-electron chi connectivity index (χ2n) is 5.34. The molecular formula is C15H22N2OS. The zero-order chi connectivity index (χ0) is 13.8. The predicted molar refractivity (Wildman–Crippen MR) is 81.3 cm³/mol. The van der Waals surface area contributed by atoms with Crippen LogP contribution in [0.5, 0.6) is 0 Å². The second-order valence-corrected chi connectivity index (χ2v) is 6.36. The number of carbonyl (C=O) groups excluding carboxylic acids is 1. The fourth-order valence-electron chi connectivity index (χ4n) is 2.27. The molecule has 1 heterocycles. The summed E-state index contributed by atoms with van der Waals surface area (Å²) in [4.78, 5) is 15.1. The molecule has 2 N–H and O–H groups in total. The summed E-state index contributed by atoms with van der Waals surface area (Å²) < 4.78 is 0. The van der Waals surface area contributed by atoms with Gasteiger partial charge in [-0.25, -0.2) is 0 Å². The zero-order valence-electron chi connectivity index (χ0n) is 11.7. The average molecular weight is 278 g/mol. The molecule has 0 unspecified atom stereocenters. The number of hydrogen-bond acceptors (Lipinski definition) is 3. The van der Waals surface area contributed by atoms with Crippen molar-refractivity contribution in [1.82, 2.24) is 4.90 Å². The molecule has 4 heteroatoms. The van der Waals surface area contributed by atoms with Crippen LogP contribution in [0.4, 0.5) is 5.69 Å². The van der Waals surface area contributed by atoms with Gasteiger partial charge in [-0.1, -0.05) is 19.1 Å². The van der Waals surface area contributed by atoms with E-state index >= 15 is 0 Å². The lowest BCUT2D eigenvalue weighted by molar-refractivity contribution is -0.129. The minimum absolute atomic E-state index is 0.234. The summed E-state index contributed by atoms with van der Waals surface area (Å²) in [6, 6.07) is 5.97. The van der Waals surface area contributed by atoms with E-state index in [1.165, 1.54) is 0 Å². The van der Waals surface area contributed by atoms with Gasteiger partial charge in [0.1, 0.15) is 0 Å². The Morgan fingerprint density at radius 1 is 1.42 bits per heavy atom. The van der Waals surface area contributed by atoms with Gasteiger partial charge in [0.15, 0.2) is 0 Å². The first kappa shape index (κ1) is 14.3. The fraction of sp³-hybridized carbons (Fsp3) is 0.533. The Hall–Kier alpha value is -1.16. The number of nitrogen functional groups attached to an aromatic ring is 1. The molecule has 1 fully saturated rings. The molecule has 0 bridgehead atoms. The minimum atomic E-state index is 0.234. The maximum atomic E-state index is 12.1. The largest absolute Gasteiger partial charge is 0.398 e. The number of piperidine rings is 1. The molecule has 0 spiro atoms. The fourth-order valence-corrected chi connectivity index (χ4v) is 3.22. The van der Waals surface area contributed by atoms with Crippen LogP contribution in [0.3, 0.4) is 0 Å². The zero-order valence-corrected chi connectivity index (χ0v) is 12.5. The summed E-state index contributed by atoms with van der Waals surface area (Å²) in [6.07, 6.45) is 2.26. The van der Waals surface area contributed by atoms with E-state index < -0.39 is 0 Å². The van der Waals surface area contributed by atoms with Gasteiger partial charge in [-0.3, -0.25) is 4.79 Å². The van der Waals surface area contributed by atoms with Crippen molar-refractivity contribution < 1.29 is 4.79 Å². The molecule has 1 aromatic carbocycles. The smallest absolute Gasteiger partial charge is 0.232 e.